The summed E-state index contributed by atoms with van der Waals surface area (Å²) in [6.07, 6.45) is 1.02. The first kappa shape index (κ1) is 13.9. The third kappa shape index (κ3) is 3.72. The van der Waals surface area contributed by atoms with Crippen LogP contribution in [0.3, 0.4) is 0 Å². The highest BCUT2D eigenvalue weighted by atomic mass is 35.5. The van der Waals surface area contributed by atoms with Crippen molar-refractivity contribution in [1.29, 1.82) is 0 Å². The van der Waals surface area contributed by atoms with E-state index in [0.29, 0.717) is 6.04 Å². The predicted octanol–water partition coefficient (Wildman–Crippen LogP) is 4.16. The third-order valence-corrected chi connectivity index (χ3v) is 3.53. The monoisotopic (exact) mass is 274 g/mol. The normalized spacial score (nSPS) is 12.3. The standard InChI is InChI=1S/C16H19ClN2/c1-2-16(12-7-9-14(17)10-8-12)19-11-13-5-3-4-6-15(13)18/h3-10,16,19H,2,11,18H2,1H3. The summed E-state index contributed by atoms with van der Waals surface area (Å²) in [7, 11) is 0. The summed E-state index contributed by atoms with van der Waals surface area (Å²) in [5, 5.41) is 4.31. The quantitative estimate of drug-likeness (QED) is 0.804. The van der Waals surface area contributed by atoms with Crippen LogP contribution in [0.4, 0.5) is 5.69 Å². The van der Waals surface area contributed by atoms with Crippen molar-refractivity contribution in [3.8, 4) is 0 Å². The van der Waals surface area contributed by atoms with E-state index < -0.39 is 0 Å². The lowest BCUT2D eigenvalue weighted by Crippen LogP contribution is -2.20. The third-order valence-electron chi connectivity index (χ3n) is 3.27. The van der Waals surface area contributed by atoms with Crippen molar-refractivity contribution in [3.05, 3.63) is 64.7 Å². The lowest BCUT2D eigenvalue weighted by Gasteiger charge is -2.18. The van der Waals surface area contributed by atoms with Crippen LogP contribution in [0.1, 0.15) is 30.5 Å². The van der Waals surface area contributed by atoms with E-state index in [1.807, 2.05) is 30.3 Å². The van der Waals surface area contributed by atoms with Crippen LogP contribution in [0.25, 0.3) is 0 Å². The van der Waals surface area contributed by atoms with Gasteiger partial charge in [-0.25, -0.2) is 0 Å². The molecule has 2 nitrogen and oxygen atoms in total. The molecule has 0 radical (unpaired) electrons. The molecule has 0 bridgehead atoms. The number of para-hydroxylation sites is 1. The van der Waals surface area contributed by atoms with Crippen LogP contribution in [-0.4, -0.2) is 0 Å². The van der Waals surface area contributed by atoms with Crippen LogP contribution < -0.4 is 11.1 Å². The van der Waals surface area contributed by atoms with Crippen molar-refractivity contribution >= 4 is 17.3 Å². The Kier molecular flexibility index (Phi) is 4.83. The number of hydrogen-bond acceptors (Lipinski definition) is 2. The minimum atomic E-state index is 0.317. The highest BCUT2D eigenvalue weighted by Gasteiger charge is 2.09. The van der Waals surface area contributed by atoms with Gasteiger partial charge in [0, 0.05) is 23.3 Å². The van der Waals surface area contributed by atoms with Gasteiger partial charge in [-0.1, -0.05) is 48.9 Å². The fourth-order valence-corrected chi connectivity index (χ4v) is 2.25. The molecular weight excluding hydrogens is 256 g/mol. The van der Waals surface area contributed by atoms with Crippen LogP contribution in [0, 0.1) is 0 Å². The zero-order chi connectivity index (χ0) is 13.7. The van der Waals surface area contributed by atoms with Gasteiger partial charge in [-0.2, -0.15) is 0 Å². The predicted molar refractivity (Wildman–Crippen MR) is 82.2 cm³/mol. The summed E-state index contributed by atoms with van der Waals surface area (Å²) in [6, 6.07) is 16.3. The molecule has 0 aliphatic heterocycles. The molecule has 19 heavy (non-hydrogen) atoms. The molecule has 0 saturated heterocycles. The molecule has 0 spiro atoms. The van der Waals surface area contributed by atoms with Crippen molar-refractivity contribution < 1.29 is 0 Å². The number of nitrogens with one attached hydrogen (secondary N) is 1. The van der Waals surface area contributed by atoms with Crippen molar-refractivity contribution in [2.75, 3.05) is 5.73 Å². The van der Waals surface area contributed by atoms with Crippen molar-refractivity contribution in [1.82, 2.24) is 5.32 Å². The maximum Gasteiger partial charge on any atom is 0.0406 e. The molecule has 1 unspecified atom stereocenters. The Hall–Kier alpha value is -1.51. The number of nitrogens with two attached hydrogens (primary N) is 1. The molecule has 3 N–H and O–H groups in total. The van der Waals surface area contributed by atoms with Gasteiger partial charge in [0.05, 0.1) is 0 Å². The van der Waals surface area contributed by atoms with E-state index in [0.717, 1.165) is 29.2 Å². The number of halogens is 1. The zero-order valence-electron chi connectivity index (χ0n) is 11.1. The van der Waals surface area contributed by atoms with E-state index in [-0.39, 0.29) is 0 Å². The second kappa shape index (κ2) is 6.60. The summed E-state index contributed by atoms with van der Waals surface area (Å²) >= 11 is 5.92. The topological polar surface area (TPSA) is 38.0 Å². The van der Waals surface area contributed by atoms with Gasteiger partial charge in [-0.05, 0) is 35.7 Å². The maximum absolute atomic E-state index is 5.95. The van der Waals surface area contributed by atoms with E-state index in [9.17, 15) is 0 Å². The van der Waals surface area contributed by atoms with Gasteiger partial charge in [0.1, 0.15) is 0 Å². The van der Waals surface area contributed by atoms with Crippen molar-refractivity contribution in [2.24, 2.45) is 0 Å². The van der Waals surface area contributed by atoms with E-state index in [1.54, 1.807) is 0 Å². The van der Waals surface area contributed by atoms with Crippen molar-refractivity contribution in [3.63, 3.8) is 0 Å². The summed E-state index contributed by atoms with van der Waals surface area (Å²) in [6.45, 7) is 2.94. The lowest BCUT2D eigenvalue weighted by atomic mass is 10.0. The molecular formula is C16H19ClN2. The molecule has 0 aliphatic carbocycles. The van der Waals surface area contributed by atoms with E-state index >= 15 is 0 Å². The fraction of sp³-hybridized carbons (Fsp3) is 0.250. The molecule has 1 atom stereocenters. The number of benzene rings is 2. The molecule has 100 valence electrons. The summed E-state index contributed by atoms with van der Waals surface area (Å²) in [5.41, 5.74) is 9.17. The molecule has 2 aromatic carbocycles. The first-order valence-corrected chi connectivity index (χ1v) is 6.90. The second-order valence-electron chi connectivity index (χ2n) is 4.59. The summed E-state index contributed by atoms with van der Waals surface area (Å²) in [4.78, 5) is 0. The van der Waals surface area contributed by atoms with Gasteiger partial charge in [0.2, 0.25) is 0 Å². The molecule has 0 fully saturated rings. The molecule has 0 heterocycles. The number of anilines is 1. The van der Waals surface area contributed by atoms with Crippen LogP contribution >= 0.6 is 11.6 Å². The van der Waals surface area contributed by atoms with Crippen LogP contribution in [0.2, 0.25) is 5.02 Å². The Labute approximate surface area is 119 Å². The number of hydrogen-bond donors (Lipinski definition) is 2. The van der Waals surface area contributed by atoms with Gasteiger partial charge in [0.25, 0.3) is 0 Å². The van der Waals surface area contributed by atoms with Crippen LogP contribution in [0.5, 0.6) is 0 Å². The highest BCUT2D eigenvalue weighted by molar-refractivity contribution is 6.30. The Balaban J connectivity index is 2.04. The van der Waals surface area contributed by atoms with Gasteiger partial charge in [-0.15, -0.1) is 0 Å². The Morgan fingerprint density at radius 1 is 1.11 bits per heavy atom. The lowest BCUT2D eigenvalue weighted by molar-refractivity contribution is 0.519. The zero-order valence-corrected chi connectivity index (χ0v) is 11.8. The average Bonchev–Trinajstić information content (AvgIpc) is 2.43. The van der Waals surface area contributed by atoms with Gasteiger partial charge in [-0.3, -0.25) is 0 Å². The molecule has 2 rings (SSSR count). The minimum Gasteiger partial charge on any atom is -0.398 e. The van der Waals surface area contributed by atoms with Gasteiger partial charge < -0.3 is 11.1 Å². The van der Waals surface area contributed by atoms with Gasteiger partial charge in [0.15, 0.2) is 0 Å². The van der Waals surface area contributed by atoms with Crippen LogP contribution in [0.15, 0.2) is 48.5 Å². The molecule has 2 aromatic rings. The second-order valence-corrected chi connectivity index (χ2v) is 5.03. The first-order valence-electron chi connectivity index (χ1n) is 6.53. The Morgan fingerprint density at radius 2 is 1.79 bits per heavy atom. The SMILES string of the molecule is CCC(NCc1ccccc1N)c1ccc(Cl)cc1. The number of rotatable bonds is 5. The Morgan fingerprint density at radius 3 is 2.42 bits per heavy atom. The smallest absolute Gasteiger partial charge is 0.0406 e. The summed E-state index contributed by atoms with van der Waals surface area (Å²) in [5.74, 6) is 0. The highest BCUT2D eigenvalue weighted by Crippen LogP contribution is 2.20. The average molecular weight is 275 g/mol. The molecule has 3 heteroatoms. The van der Waals surface area contributed by atoms with Crippen LogP contribution in [-0.2, 0) is 6.54 Å². The van der Waals surface area contributed by atoms with E-state index in [4.69, 9.17) is 17.3 Å². The largest absolute Gasteiger partial charge is 0.398 e. The van der Waals surface area contributed by atoms with Gasteiger partial charge >= 0.3 is 0 Å². The van der Waals surface area contributed by atoms with E-state index in [2.05, 4.69) is 30.4 Å². The molecule has 0 amide bonds. The molecule has 0 aliphatic rings. The summed E-state index contributed by atoms with van der Waals surface area (Å²) < 4.78 is 0. The fourth-order valence-electron chi connectivity index (χ4n) is 2.12. The first-order chi connectivity index (χ1) is 9.20. The maximum atomic E-state index is 5.95. The van der Waals surface area contributed by atoms with Crippen molar-refractivity contribution in [2.45, 2.75) is 25.9 Å². The van der Waals surface area contributed by atoms with E-state index in [1.165, 1.54) is 5.56 Å². The minimum absolute atomic E-state index is 0.317. The Bertz CT molecular complexity index is 523. The molecule has 0 aromatic heterocycles. The molecule has 0 saturated carbocycles. The number of nitrogen functional groups attached to an aromatic ring is 1.